The van der Waals surface area contributed by atoms with Gasteiger partial charge in [0.2, 0.25) is 0 Å². The van der Waals surface area contributed by atoms with Gasteiger partial charge < -0.3 is 4.74 Å². The minimum atomic E-state index is 0.581. The van der Waals surface area contributed by atoms with E-state index in [4.69, 9.17) is 16.3 Å². The van der Waals surface area contributed by atoms with Gasteiger partial charge in [-0.1, -0.05) is 12.2 Å². The van der Waals surface area contributed by atoms with Crippen LogP contribution in [-0.4, -0.2) is 31.1 Å². The van der Waals surface area contributed by atoms with Crippen LogP contribution in [0.25, 0.3) is 0 Å². The average molecular weight is 195 g/mol. The maximum Gasteiger partial charge on any atom is 0.0470 e. The first kappa shape index (κ1) is 11.3. The van der Waals surface area contributed by atoms with Crippen molar-refractivity contribution in [2.45, 2.75) is 6.42 Å². The molecule has 0 aromatic carbocycles. The third-order valence-electron chi connectivity index (χ3n) is 1.13. The summed E-state index contributed by atoms with van der Waals surface area (Å²) in [5.41, 5.74) is 1.11. The smallest absolute Gasteiger partial charge is 0.0470 e. The van der Waals surface area contributed by atoms with E-state index in [1.165, 1.54) is 0 Å². The Morgan fingerprint density at radius 3 is 2.91 bits per heavy atom. The molecule has 0 aliphatic heterocycles. The van der Waals surface area contributed by atoms with E-state index >= 15 is 0 Å². The summed E-state index contributed by atoms with van der Waals surface area (Å²) in [5, 5.41) is 0. The van der Waals surface area contributed by atoms with E-state index in [0.717, 1.165) is 30.1 Å². The summed E-state index contributed by atoms with van der Waals surface area (Å²) in [6.45, 7) is 4.65. The fourth-order valence-corrected chi connectivity index (χ4v) is 1.62. The lowest BCUT2D eigenvalue weighted by atomic mass is 10.4. The van der Waals surface area contributed by atoms with Crippen LogP contribution in [-0.2, 0) is 4.74 Å². The van der Waals surface area contributed by atoms with Gasteiger partial charge in [0, 0.05) is 25.3 Å². The van der Waals surface area contributed by atoms with E-state index in [9.17, 15) is 0 Å². The molecular weight excluding hydrogens is 180 g/mol. The van der Waals surface area contributed by atoms with E-state index < -0.39 is 0 Å². The Labute approximate surface area is 78.1 Å². The maximum atomic E-state index is 5.55. The zero-order chi connectivity index (χ0) is 8.53. The molecule has 0 aromatic heterocycles. The molecule has 3 heteroatoms. The number of ether oxygens (including phenoxy) is 1. The molecule has 0 heterocycles. The van der Waals surface area contributed by atoms with Crippen molar-refractivity contribution in [2.24, 2.45) is 0 Å². The third kappa shape index (κ3) is 8.24. The number of alkyl halides is 1. The number of thioether (sulfide) groups is 1. The fraction of sp³-hybridized carbons (Fsp3) is 0.750. The lowest BCUT2D eigenvalue weighted by molar-refractivity contribution is 0.200. The molecule has 0 spiro atoms. The monoisotopic (exact) mass is 194 g/mol. The van der Waals surface area contributed by atoms with E-state index in [0.29, 0.717) is 5.88 Å². The number of hydrogen-bond donors (Lipinski definition) is 0. The normalized spacial score (nSPS) is 10.0. The highest BCUT2D eigenvalue weighted by Crippen LogP contribution is 2.08. The number of methoxy groups -OCH3 is 1. The first-order valence-corrected chi connectivity index (χ1v) is 5.29. The molecule has 0 fully saturated rings. The summed E-state index contributed by atoms with van der Waals surface area (Å²) in [6.07, 6.45) is 1.11. The summed E-state index contributed by atoms with van der Waals surface area (Å²) < 4.78 is 4.91. The molecule has 0 unspecified atom stereocenters. The van der Waals surface area contributed by atoms with Crippen LogP contribution in [0.2, 0.25) is 0 Å². The molecule has 11 heavy (non-hydrogen) atoms. The van der Waals surface area contributed by atoms with Crippen LogP contribution >= 0.6 is 23.4 Å². The Balaban J connectivity index is 2.95. The highest BCUT2D eigenvalue weighted by molar-refractivity contribution is 7.99. The van der Waals surface area contributed by atoms with Gasteiger partial charge in [0.15, 0.2) is 0 Å². The molecule has 0 rings (SSSR count). The Bertz CT molecular complexity index is 106. The quantitative estimate of drug-likeness (QED) is 0.350. The Kier molecular flexibility index (Phi) is 8.70. The van der Waals surface area contributed by atoms with Crippen molar-refractivity contribution in [3.05, 3.63) is 12.2 Å². The summed E-state index contributed by atoms with van der Waals surface area (Å²) >= 11 is 7.42. The van der Waals surface area contributed by atoms with Gasteiger partial charge in [-0.25, -0.2) is 0 Å². The zero-order valence-corrected chi connectivity index (χ0v) is 8.51. The first-order valence-electron chi connectivity index (χ1n) is 3.60. The van der Waals surface area contributed by atoms with E-state index in [1.54, 1.807) is 7.11 Å². The van der Waals surface area contributed by atoms with Gasteiger partial charge >= 0.3 is 0 Å². The lowest BCUT2D eigenvalue weighted by Crippen LogP contribution is -1.93. The van der Waals surface area contributed by atoms with Crippen molar-refractivity contribution in [2.75, 3.05) is 31.1 Å². The van der Waals surface area contributed by atoms with Crippen molar-refractivity contribution >= 4 is 23.4 Å². The molecular formula is C8H15ClOS. The van der Waals surface area contributed by atoms with Crippen LogP contribution in [0.1, 0.15) is 6.42 Å². The summed E-state index contributed by atoms with van der Waals surface area (Å²) in [5.74, 6) is 2.69. The number of halogens is 1. The minimum Gasteiger partial charge on any atom is -0.385 e. The molecule has 0 saturated heterocycles. The van der Waals surface area contributed by atoms with Gasteiger partial charge in [-0.05, 0) is 12.2 Å². The van der Waals surface area contributed by atoms with Crippen LogP contribution in [0.15, 0.2) is 12.2 Å². The van der Waals surface area contributed by atoms with Crippen molar-refractivity contribution < 1.29 is 4.74 Å². The zero-order valence-electron chi connectivity index (χ0n) is 6.94. The van der Waals surface area contributed by atoms with Gasteiger partial charge in [0.05, 0.1) is 0 Å². The summed E-state index contributed by atoms with van der Waals surface area (Å²) in [7, 11) is 1.72. The van der Waals surface area contributed by atoms with E-state index in [-0.39, 0.29) is 0 Å². The third-order valence-corrected chi connectivity index (χ3v) is 2.70. The molecule has 0 atom stereocenters. The number of rotatable bonds is 7. The molecule has 0 amide bonds. The van der Waals surface area contributed by atoms with Crippen molar-refractivity contribution in [1.29, 1.82) is 0 Å². The van der Waals surface area contributed by atoms with Crippen LogP contribution in [0.3, 0.4) is 0 Å². The highest BCUT2D eigenvalue weighted by Gasteiger charge is 1.92. The van der Waals surface area contributed by atoms with Crippen molar-refractivity contribution in [3.8, 4) is 0 Å². The molecule has 66 valence electrons. The van der Waals surface area contributed by atoms with Gasteiger partial charge in [0.25, 0.3) is 0 Å². The van der Waals surface area contributed by atoms with Gasteiger partial charge in [0.1, 0.15) is 0 Å². The standard InChI is InChI=1S/C8H15ClOS/c1-8(6-9)7-11-5-3-4-10-2/h1,3-7H2,2H3. The summed E-state index contributed by atoms with van der Waals surface area (Å²) in [6, 6.07) is 0. The second-order valence-corrected chi connectivity index (χ2v) is 3.66. The topological polar surface area (TPSA) is 9.23 Å². The van der Waals surface area contributed by atoms with Crippen LogP contribution in [0, 0.1) is 0 Å². The predicted molar refractivity (Wildman–Crippen MR) is 53.7 cm³/mol. The van der Waals surface area contributed by atoms with Gasteiger partial charge in [-0.2, -0.15) is 11.8 Å². The molecule has 0 saturated carbocycles. The minimum absolute atomic E-state index is 0.581. The van der Waals surface area contributed by atoms with Gasteiger partial charge in [-0.3, -0.25) is 0 Å². The largest absolute Gasteiger partial charge is 0.385 e. The van der Waals surface area contributed by atoms with E-state index in [2.05, 4.69) is 6.58 Å². The van der Waals surface area contributed by atoms with Crippen LogP contribution in [0.5, 0.6) is 0 Å². The number of hydrogen-bond acceptors (Lipinski definition) is 2. The van der Waals surface area contributed by atoms with Crippen molar-refractivity contribution in [3.63, 3.8) is 0 Å². The molecule has 0 aliphatic rings. The predicted octanol–water partition coefficient (Wildman–Crippen LogP) is 2.55. The molecule has 0 bridgehead atoms. The van der Waals surface area contributed by atoms with Gasteiger partial charge in [-0.15, -0.1) is 11.6 Å². The first-order chi connectivity index (χ1) is 5.31. The molecule has 0 aliphatic carbocycles. The highest BCUT2D eigenvalue weighted by atomic mass is 35.5. The van der Waals surface area contributed by atoms with Crippen LogP contribution in [0.4, 0.5) is 0 Å². The maximum absolute atomic E-state index is 5.55. The molecule has 0 radical (unpaired) electrons. The second-order valence-electron chi connectivity index (χ2n) is 2.28. The van der Waals surface area contributed by atoms with Crippen molar-refractivity contribution in [1.82, 2.24) is 0 Å². The SMILES string of the molecule is C=C(CCl)CSCCCOC. The van der Waals surface area contributed by atoms with E-state index in [1.807, 2.05) is 11.8 Å². The molecule has 0 N–H and O–H groups in total. The average Bonchev–Trinajstić information content (AvgIpc) is 2.04. The molecule has 1 nitrogen and oxygen atoms in total. The Hall–Kier alpha value is 0.340. The second kappa shape index (κ2) is 8.44. The Morgan fingerprint density at radius 2 is 2.36 bits per heavy atom. The van der Waals surface area contributed by atoms with Crippen LogP contribution < -0.4 is 0 Å². The lowest BCUT2D eigenvalue weighted by Gasteiger charge is -2.00. The Morgan fingerprint density at radius 1 is 1.64 bits per heavy atom. The molecule has 0 aromatic rings. The fourth-order valence-electron chi connectivity index (χ4n) is 0.560. The summed E-state index contributed by atoms with van der Waals surface area (Å²) in [4.78, 5) is 0.